The number of hydrogen-bond acceptors (Lipinski definition) is 5. The van der Waals surface area contributed by atoms with Gasteiger partial charge < -0.3 is 19.9 Å². The topological polar surface area (TPSA) is 101 Å². The van der Waals surface area contributed by atoms with Gasteiger partial charge in [0, 0.05) is 22.8 Å². The Kier molecular flexibility index (Phi) is 6.34. The number of carboxylic acid groups (broad SMARTS) is 1. The largest absolute Gasteiger partial charge is 0.493 e. The van der Waals surface area contributed by atoms with Crippen molar-refractivity contribution in [2.45, 2.75) is 71.6 Å². The van der Waals surface area contributed by atoms with Crippen LogP contribution in [0.2, 0.25) is 0 Å². The Bertz CT molecular complexity index is 984. The Morgan fingerprint density at radius 3 is 2.56 bits per heavy atom. The van der Waals surface area contributed by atoms with Crippen LogP contribution in [0.1, 0.15) is 54.4 Å². The first kappa shape index (κ1) is 23.4. The first-order valence-corrected chi connectivity index (χ1v) is 10.7. The van der Waals surface area contributed by atoms with Crippen LogP contribution in [0.25, 0.3) is 0 Å². The summed E-state index contributed by atoms with van der Waals surface area (Å²) in [6.07, 6.45) is 7.70. The fourth-order valence-corrected chi connectivity index (χ4v) is 4.13. The van der Waals surface area contributed by atoms with Crippen molar-refractivity contribution < 1.29 is 24.2 Å². The third-order valence-corrected chi connectivity index (χ3v) is 5.47. The smallest absolute Gasteiger partial charge is 0.408 e. The highest BCUT2D eigenvalue weighted by molar-refractivity contribution is 5.99. The van der Waals surface area contributed by atoms with Gasteiger partial charge in [0.1, 0.15) is 17.4 Å². The molecule has 2 N–H and O–H groups in total. The molecule has 1 aromatic rings. The molecule has 32 heavy (non-hydrogen) atoms. The fourth-order valence-electron chi connectivity index (χ4n) is 4.13. The zero-order chi connectivity index (χ0) is 23.7. The monoisotopic (exact) mass is 441 g/mol. The summed E-state index contributed by atoms with van der Waals surface area (Å²) in [5, 5.41) is 12.4. The summed E-state index contributed by atoms with van der Waals surface area (Å²) >= 11 is 0. The van der Waals surface area contributed by atoms with Crippen molar-refractivity contribution in [3.05, 3.63) is 53.6 Å². The predicted octanol–water partition coefficient (Wildman–Crippen LogP) is 4.86. The number of anilines is 1. The number of carbonyl (C=O) groups is 2. The van der Waals surface area contributed by atoms with Gasteiger partial charge in [-0.1, -0.05) is 13.0 Å². The number of ether oxygens (including phenoxy) is 2. The Labute approximate surface area is 188 Å². The molecule has 0 aromatic carbocycles. The quantitative estimate of drug-likeness (QED) is 0.654. The van der Waals surface area contributed by atoms with Gasteiger partial charge in [0.2, 0.25) is 11.8 Å². The van der Waals surface area contributed by atoms with Crippen LogP contribution in [-0.2, 0) is 9.53 Å². The lowest BCUT2D eigenvalue weighted by atomic mass is 9.94. The molecule has 1 aliphatic carbocycles. The van der Waals surface area contributed by atoms with E-state index in [4.69, 9.17) is 9.47 Å². The number of fused-ring (bicyclic) bond motifs is 1. The van der Waals surface area contributed by atoms with E-state index in [9.17, 15) is 14.7 Å². The molecular weight excluding hydrogens is 410 g/mol. The molecule has 3 rings (SSSR count). The Balaban J connectivity index is 1.74. The maximum Gasteiger partial charge on any atom is 0.408 e. The Hall–Kier alpha value is -3.29. The van der Waals surface area contributed by atoms with Crippen molar-refractivity contribution in [1.29, 1.82) is 0 Å². The lowest BCUT2D eigenvalue weighted by Crippen LogP contribution is -2.61. The molecule has 0 saturated heterocycles. The van der Waals surface area contributed by atoms with E-state index in [1.165, 1.54) is 6.20 Å². The molecule has 8 heteroatoms. The molecule has 1 aliphatic heterocycles. The van der Waals surface area contributed by atoms with E-state index in [2.05, 4.69) is 17.2 Å². The molecule has 0 radical (unpaired) electrons. The number of nitrogens with zero attached hydrogens (tertiary/aromatic N) is 2. The van der Waals surface area contributed by atoms with Crippen LogP contribution < -0.4 is 10.1 Å². The van der Waals surface area contributed by atoms with Crippen molar-refractivity contribution in [2.75, 3.05) is 5.32 Å². The number of amides is 2. The number of pyridine rings is 1. The predicted molar refractivity (Wildman–Crippen MR) is 121 cm³/mol. The average Bonchev–Trinajstić information content (AvgIpc) is 3.12. The Morgan fingerprint density at radius 1 is 1.28 bits per heavy atom. The van der Waals surface area contributed by atoms with E-state index in [-0.39, 0.29) is 6.10 Å². The molecule has 0 bridgehead atoms. The highest BCUT2D eigenvalue weighted by atomic mass is 16.5. The number of rotatable bonds is 6. The van der Waals surface area contributed by atoms with E-state index in [0.29, 0.717) is 17.3 Å². The maximum absolute atomic E-state index is 12.9. The highest BCUT2D eigenvalue weighted by Gasteiger charge is 2.44. The van der Waals surface area contributed by atoms with E-state index < -0.39 is 23.1 Å². The van der Waals surface area contributed by atoms with Gasteiger partial charge in [0.05, 0.1) is 18.1 Å². The lowest BCUT2D eigenvalue weighted by molar-refractivity contribution is -0.128. The molecule has 1 unspecified atom stereocenters. The summed E-state index contributed by atoms with van der Waals surface area (Å²) in [6.45, 7) is 10.5. The number of carbonyl (C=O) groups excluding carboxylic acids is 1. The van der Waals surface area contributed by atoms with Crippen LogP contribution in [0.4, 0.5) is 10.5 Å². The van der Waals surface area contributed by atoms with Crippen LogP contribution in [0.3, 0.4) is 0 Å². The number of aromatic nitrogens is 1. The molecule has 0 spiro atoms. The molecule has 2 heterocycles. The molecule has 1 aromatic heterocycles. The zero-order valence-electron chi connectivity index (χ0n) is 19.4. The van der Waals surface area contributed by atoms with Gasteiger partial charge >= 0.3 is 6.09 Å². The summed E-state index contributed by atoms with van der Waals surface area (Å²) < 4.78 is 11.7. The van der Waals surface area contributed by atoms with E-state index >= 15 is 0 Å². The van der Waals surface area contributed by atoms with Gasteiger partial charge in [-0.25, -0.2) is 9.78 Å². The molecule has 0 saturated carbocycles. The first-order valence-electron chi connectivity index (χ1n) is 10.7. The van der Waals surface area contributed by atoms with E-state index in [1.54, 1.807) is 53.0 Å². The van der Waals surface area contributed by atoms with Crippen molar-refractivity contribution in [1.82, 2.24) is 9.88 Å². The van der Waals surface area contributed by atoms with E-state index in [0.717, 1.165) is 28.9 Å². The minimum absolute atomic E-state index is 0.0225. The molecule has 2 aliphatic rings. The van der Waals surface area contributed by atoms with Crippen LogP contribution in [0.15, 0.2) is 53.6 Å². The second-order valence-corrected chi connectivity index (χ2v) is 9.35. The van der Waals surface area contributed by atoms with Crippen molar-refractivity contribution in [3.63, 3.8) is 0 Å². The number of hydrogen-bond donors (Lipinski definition) is 2. The van der Waals surface area contributed by atoms with Crippen LogP contribution in [0, 0.1) is 0 Å². The third-order valence-electron chi connectivity index (χ3n) is 5.47. The normalized spacial score (nSPS) is 17.9. The summed E-state index contributed by atoms with van der Waals surface area (Å²) in [7, 11) is 0. The second-order valence-electron chi connectivity index (χ2n) is 9.35. The van der Waals surface area contributed by atoms with Crippen LogP contribution in [0.5, 0.6) is 5.88 Å². The fraction of sp³-hybridized carbons (Fsp3) is 0.458. The van der Waals surface area contributed by atoms with Crippen molar-refractivity contribution in [3.8, 4) is 5.88 Å². The first-order chi connectivity index (χ1) is 14.9. The minimum Gasteiger partial charge on any atom is -0.493 e. The maximum atomic E-state index is 12.9. The van der Waals surface area contributed by atoms with Crippen LogP contribution >= 0.6 is 0 Å². The number of nitrogens with one attached hydrogen (secondary N) is 1. The van der Waals surface area contributed by atoms with Crippen LogP contribution in [-0.4, -0.2) is 44.2 Å². The standard InChI is InChI=1S/C24H31N3O5/c1-7-17-20-15(14-31-17)9-8-10-18(20)32-19-12-11-16(13-25-19)26-21(28)24(5,6)27(22(29)30)23(2,3)4/h8,10-14,17H,7,9H2,1-6H3,(H,26,28)(H,29,30). The number of allylic oxidation sites excluding steroid dienone is 2. The third kappa shape index (κ3) is 4.64. The zero-order valence-corrected chi connectivity index (χ0v) is 19.4. The summed E-state index contributed by atoms with van der Waals surface area (Å²) in [5.74, 6) is 0.646. The van der Waals surface area contributed by atoms with Gasteiger partial charge in [-0.15, -0.1) is 0 Å². The average molecular weight is 442 g/mol. The summed E-state index contributed by atoms with van der Waals surface area (Å²) in [4.78, 5) is 30.2. The summed E-state index contributed by atoms with van der Waals surface area (Å²) in [5.41, 5.74) is 0.564. The lowest BCUT2D eigenvalue weighted by Gasteiger charge is -2.43. The van der Waals surface area contributed by atoms with Gasteiger partial charge in [-0.05, 0) is 59.6 Å². The van der Waals surface area contributed by atoms with Gasteiger partial charge in [-0.2, -0.15) is 0 Å². The molecule has 0 fully saturated rings. The second kappa shape index (κ2) is 8.68. The van der Waals surface area contributed by atoms with Crippen molar-refractivity contribution >= 4 is 17.7 Å². The Morgan fingerprint density at radius 2 is 2.00 bits per heavy atom. The minimum atomic E-state index is -1.29. The molecule has 1 atom stereocenters. The molecule has 172 valence electrons. The highest BCUT2D eigenvalue weighted by Crippen LogP contribution is 2.36. The van der Waals surface area contributed by atoms with Gasteiger partial charge in [-0.3, -0.25) is 9.69 Å². The summed E-state index contributed by atoms with van der Waals surface area (Å²) in [6, 6.07) is 3.34. The molecule has 8 nitrogen and oxygen atoms in total. The van der Waals surface area contributed by atoms with Gasteiger partial charge in [0.15, 0.2) is 0 Å². The van der Waals surface area contributed by atoms with Gasteiger partial charge in [0.25, 0.3) is 0 Å². The van der Waals surface area contributed by atoms with Crippen molar-refractivity contribution in [2.24, 2.45) is 0 Å². The molecule has 2 amide bonds. The molecular formula is C24H31N3O5. The SMILES string of the molecule is CCC1OC=C2CC=CC(Oc3ccc(NC(=O)C(C)(C)N(C(=O)O)C(C)(C)C)cn3)=C21. The van der Waals surface area contributed by atoms with E-state index in [1.807, 2.05) is 12.2 Å².